The van der Waals surface area contributed by atoms with Crippen LogP contribution >= 0.6 is 11.6 Å². The topological polar surface area (TPSA) is 32.3 Å². The maximum atomic E-state index is 12.9. The molecule has 1 aliphatic heterocycles. The average Bonchev–Trinajstić information content (AvgIpc) is 2.68. The van der Waals surface area contributed by atoms with Crippen LogP contribution < -0.4 is 5.32 Å². The van der Waals surface area contributed by atoms with E-state index in [4.69, 9.17) is 11.6 Å². The van der Waals surface area contributed by atoms with Gasteiger partial charge in [-0.15, -0.1) is 0 Å². The van der Waals surface area contributed by atoms with Crippen molar-refractivity contribution >= 4 is 17.5 Å². The van der Waals surface area contributed by atoms with E-state index in [0.717, 1.165) is 43.9 Å². The Bertz CT molecular complexity index is 754. The highest BCUT2D eigenvalue weighted by Crippen LogP contribution is 2.25. The number of likely N-dealkylation sites (tertiary alicyclic amines) is 1. The molecule has 1 fully saturated rings. The Kier molecular flexibility index (Phi) is 7.52. The second kappa shape index (κ2) is 10.1. The molecule has 0 aromatic heterocycles. The van der Waals surface area contributed by atoms with E-state index in [9.17, 15) is 4.79 Å². The molecule has 1 unspecified atom stereocenters. The third-order valence-electron chi connectivity index (χ3n) is 5.48. The van der Waals surface area contributed by atoms with E-state index >= 15 is 0 Å². The van der Waals surface area contributed by atoms with Crippen LogP contribution in [0.4, 0.5) is 0 Å². The lowest BCUT2D eigenvalue weighted by Gasteiger charge is -2.32. The Morgan fingerprint density at radius 3 is 2.46 bits per heavy atom. The van der Waals surface area contributed by atoms with E-state index in [0.29, 0.717) is 5.92 Å². The van der Waals surface area contributed by atoms with Crippen molar-refractivity contribution in [3.8, 4) is 0 Å². The van der Waals surface area contributed by atoms with E-state index in [2.05, 4.69) is 42.3 Å². The summed E-state index contributed by atoms with van der Waals surface area (Å²) in [5.41, 5.74) is 2.43. The Labute approximate surface area is 174 Å². The van der Waals surface area contributed by atoms with Crippen LogP contribution in [0.15, 0.2) is 54.6 Å². The molecule has 0 bridgehead atoms. The summed E-state index contributed by atoms with van der Waals surface area (Å²) in [6.07, 6.45) is 2.79. The molecule has 0 saturated carbocycles. The first-order valence-electron chi connectivity index (χ1n) is 10.3. The molecule has 3 rings (SSSR count). The molecular weight excluding hydrogens is 368 g/mol. The molecule has 1 N–H and O–H groups in total. The Hall–Kier alpha value is -1.84. The lowest BCUT2D eigenvalue weighted by Crippen LogP contribution is -2.41. The molecular formula is C24H31ClN2O. The van der Waals surface area contributed by atoms with Crippen LogP contribution in [-0.2, 0) is 11.3 Å². The molecule has 2 aromatic carbocycles. The highest BCUT2D eigenvalue weighted by atomic mass is 35.5. The van der Waals surface area contributed by atoms with E-state index < -0.39 is 0 Å². The second-order valence-corrected chi connectivity index (χ2v) is 8.72. The fourth-order valence-corrected chi connectivity index (χ4v) is 4.18. The molecule has 1 heterocycles. The van der Waals surface area contributed by atoms with Crippen LogP contribution in [0.1, 0.15) is 50.3 Å². The van der Waals surface area contributed by atoms with Crippen molar-refractivity contribution in [2.45, 2.75) is 45.7 Å². The molecule has 2 aromatic rings. The van der Waals surface area contributed by atoms with Crippen LogP contribution in [0, 0.1) is 11.8 Å². The van der Waals surface area contributed by atoms with Crippen molar-refractivity contribution in [2.75, 3.05) is 13.1 Å². The molecule has 0 spiro atoms. The second-order valence-electron chi connectivity index (χ2n) is 8.28. The quantitative estimate of drug-likeness (QED) is 0.672. The minimum Gasteiger partial charge on any atom is -0.349 e. The molecule has 1 aliphatic rings. The summed E-state index contributed by atoms with van der Waals surface area (Å²) in [6.45, 7) is 7.21. The molecule has 0 radical (unpaired) electrons. The van der Waals surface area contributed by atoms with Gasteiger partial charge in [-0.2, -0.15) is 0 Å². The predicted octanol–water partition coefficient (Wildman–Crippen LogP) is 5.46. The fraction of sp³-hybridized carbons (Fsp3) is 0.458. The first-order valence-corrected chi connectivity index (χ1v) is 10.7. The minimum atomic E-state index is 0.0955. The first-order chi connectivity index (χ1) is 13.5. The largest absolute Gasteiger partial charge is 0.349 e. The van der Waals surface area contributed by atoms with Gasteiger partial charge < -0.3 is 5.32 Å². The molecule has 4 heteroatoms. The van der Waals surface area contributed by atoms with Crippen molar-refractivity contribution in [3.05, 3.63) is 70.7 Å². The number of amides is 1. The SMILES string of the molecule is CC(C)CC(NC(=O)C1CCN(Cc2cccc(Cl)c2)CC1)c1ccccc1. The first kappa shape index (κ1) is 20.9. The molecule has 1 saturated heterocycles. The van der Waals surface area contributed by atoms with E-state index in [1.807, 2.05) is 36.4 Å². The van der Waals surface area contributed by atoms with Crippen LogP contribution in [-0.4, -0.2) is 23.9 Å². The number of hydrogen-bond acceptors (Lipinski definition) is 2. The average molecular weight is 399 g/mol. The van der Waals surface area contributed by atoms with Gasteiger partial charge >= 0.3 is 0 Å². The zero-order chi connectivity index (χ0) is 19.9. The fourth-order valence-electron chi connectivity index (χ4n) is 3.97. The van der Waals surface area contributed by atoms with Crippen molar-refractivity contribution in [1.82, 2.24) is 10.2 Å². The molecule has 28 heavy (non-hydrogen) atoms. The number of carbonyl (C=O) groups is 1. The summed E-state index contributed by atoms with van der Waals surface area (Å²) in [5, 5.41) is 4.11. The van der Waals surface area contributed by atoms with Crippen molar-refractivity contribution < 1.29 is 4.79 Å². The minimum absolute atomic E-state index is 0.0955. The number of piperidine rings is 1. The van der Waals surface area contributed by atoms with Gasteiger partial charge in [-0.25, -0.2) is 0 Å². The van der Waals surface area contributed by atoms with Gasteiger partial charge in [0.15, 0.2) is 0 Å². The highest BCUT2D eigenvalue weighted by molar-refractivity contribution is 6.30. The molecule has 1 amide bonds. The van der Waals surface area contributed by atoms with Gasteiger partial charge in [-0.05, 0) is 61.5 Å². The summed E-state index contributed by atoms with van der Waals surface area (Å²) in [5.74, 6) is 0.843. The van der Waals surface area contributed by atoms with Crippen LogP contribution in [0.25, 0.3) is 0 Å². The van der Waals surface area contributed by atoms with Crippen molar-refractivity contribution in [2.24, 2.45) is 11.8 Å². The predicted molar refractivity (Wildman–Crippen MR) is 116 cm³/mol. The normalized spacial score (nSPS) is 16.9. The Balaban J connectivity index is 1.53. The monoisotopic (exact) mass is 398 g/mol. The zero-order valence-corrected chi connectivity index (χ0v) is 17.7. The van der Waals surface area contributed by atoms with Gasteiger partial charge in [0.1, 0.15) is 0 Å². The smallest absolute Gasteiger partial charge is 0.223 e. The standard InChI is InChI=1S/C24H31ClN2O/c1-18(2)15-23(20-8-4-3-5-9-20)26-24(28)21-11-13-27(14-12-21)17-19-7-6-10-22(25)16-19/h3-10,16,18,21,23H,11-15,17H2,1-2H3,(H,26,28). The van der Waals surface area contributed by atoms with Gasteiger partial charge in [-0.3, -0.25) is 9.69 Å². The van der Waals surface area contributed by atoms with Crippen molar-refractivity contribution in [1.29, 1.82) is 0 Å². The van der Waals surface area contributed by atoms with E-state index in [1.165, 1.54) is 11.1 Å². The molecule has 0 aliphatic carbocycles. The van der Waals surface area contributed by atoms with Gasteiger partial charge in [0, 0.05) is 17.5 Å². The number of nitrogens with zero attached hydrogens (tertiary/aromatic N) is 1. The lowest BCUT2D eigenvalue weighted by atomic mass is 9.93. The van der Waals surface area contributed by atoms with E-state index in [-0.39, 0.29) is 17.9 Å². The Morgan fingerprint density at radius 2 is 1.82 bits per heavy atom. The van der Waals surface area contributed by atoms with Gasteiger partial charge in [0.2, 0.25) is 5.91 Å². The molecule has 3 nitrogen and oxygen atoms in total. The lowest BCUT2D eigenvalue weighted by molar-refractivity contribution is -0.127. The van der Waals surface area contributed by atoms with Gasteiger partial charge in [-0.1, -0.05) is 67.9 Å². The van der Waals surface area contributed by atoms with E-state index in [1.54, 1.807) is 0 Å². The van der Waals surface area contributed by atoms with Crippen LogP contribution in [0.5, 0.6) is 0 Å². The third-order valence-corrected chi connectivity index (χ3v) is 5.71. The Morgan fingerprint density at radius 1 is 1.11 bits per heavy atom. The summed E-state index contributed by atoms with van der Waals surface area (Å²) in [6, 6.07) is 18.5. The highest BCUT2D eigenvalue weighted by Gasteiger charge is 2.27. The number of hydrogen-bond donors (Lipinski definition) is 1. The number of carbonyl (C=O) groups excluding carboxylic acids is 1. The summed E-state index contributed by atoms with van der Waals surface area (Å²) in [7, 11) is 0. The maximum absolute atomic E-state index is 12.9. The summed E-state index contributed by atoms with van der Waals surface area (Å²) < 4.78 is 0. The third kappa shape index (κ3) is 6.08. The summed E-state index contributed by atoms with van der Waals surface area (Å²) >= 11 is 6.09. The van der Waals surface area contributed by atoms with Crippen LogP contribution in [0.2, 0.25) is 5.02 Å². The van der Waals surface area contributed by atoms with Gasteiger partial charge in [0.05, 0.1) is 6.04 Å². The van der Waals surface area contributed by atoms with Crippen LogP contribution in [0.3, 0.4) is 0 Å². The number of rotatable bonds is 7. The maximum Gasteiger partial charge on any atom is 0.223 e. The number of benzene rings is 2. The van der Waals surface area contributed by atoms with Crippen molar-refractivity contribution in [3.63, 3.8) is 0 Å². The van der Waals surface area contributed by atoms with Gasteiger partial charge in [0.25, 0.3) is 0 Å². The molecule has 150 valence electrons. The molecule has 1 atom stereocenters. The number of halogens is 1. The summed E-state index contributed by atoms with van der Waals surface area (Å²) in [4.78, 5) is 15.3. The zero-order valence-electron chi connectivity index (χ0n) is 16.9. The number of nitrogens with one attached hydrogen (secondary N) is 1.